The van der Waals surface area contributed by atoms with E-state index in [2.05, 4.69) is 9.97 Å². The van der Waals surface area contributed by atoms with Gasteiger partial charge in [0.1, 0.15) is 11.9 Å². The predicted octanol–water partition coefficient (Wildman–Crippen LogP) is 2.96. The summed E-state index contributed by atoms with van der Waals surface area (Å²) in [6.45, 7) is 0.998. The summed E-state index contributed by atoms with van der Waals surface area (Å²) in [5, 5.41) is 0.105. The molecule has 2 heterocycles. The fourth-order valence-electron chi connectivity index (χ4n) is 2.71. The minimum Gasteiger partial charge on any atom is -0.472 e. The lowest BCUT2D eigenvalue weighted by Gasteiger charge is -2.32. The number of piperidine rings is 1. The molecule has 132 valence electrons. The third kappa shape index (κ3) is 4.17. The summed E-state index contributed by atoms with van der Waals surface area (Å²) in [5.41, 5.74) is 0.285. The highest BCUT2D eigenvalue weighted by atomic mass is 35.5. The topological polar surface area (TPSA) is 64.6 Å². The molecule has 25 heavy (non-hydrogen) atoms. The van der Waals surface area contributed by atoms with Gasteiger partial charge in [-0.2, -0.15) is 4.98 Å². The molecule has 6 nitrogen and oxygen atoms in total. The van der Waals surface area contributed by atoms with Gasteiger partial charge >= 0.3 is 6.01 Å². The van der Waals surface area contributed by atoms with Crippen LogP contribution in [0.15, 0.2) is 30.5 Å². The summed E-state index contributed by atoms with van der Waals surface area (Å²) in [7, 11) is 1.48. The Balaban J connectivity index is 1.69. The summed E-state index contributed by atoms with van der Waals surface area (Å²) in [4.78, 5) is 22.3. The van der Waals surface area contributed by atoms with Crippen LogP contribution in [0.2, 0.25) is 5.02 Å². The Hall–Kier alpha value is -2.41. The van der Waals surface area contributed by atoms with Gasteiger partial charge in [-0.05, 0) is 31.0 Å². The molecule has 1 fully saturated rings. The average molecular weight is 366 g/mol. The number of nitrogens with zero attached hydrogens (tertiary/aromatic N) is 3. The van der Waals surface area contributed by atoms with Gasteiger partial charge in [0.2, 0.25) is 5.88 Å². The van der Waals surface area contributed by atoms with Crippen LogP contribution in [0, 0.1) is 5.82 Å². The van der Waals surface area contributed by atoms with Gasteiger partial charge < -0.3 is 14.4 Å². The van der Waals surface area contributed by atoms with Gasteiger partial charge in [-0.15, -0.1) is 0 Å². The second kappa shape index (κ2) is 7.65. The molecule has 0 saturated carbocycles. The summed E-state index contributed by atoms with van der Waals surface area (Å²) in [6, 6.07) is 5.63. The van der Waals surface area contributed by atoms with Crippen LogP contribution >= 0.6 is 11.6 Å². The Bertz CT molecular complexity index is 775. The normalized spacial score (nSPS) is 17.2. The van der Waals surface area contributed by atoms with E-state index in [4.69, 9.17) is 21.1 Å². The van der Waals surface area contributed by atoms with E-state index >= 15 is 0 Å². The summed E-state index contributed by atoms with van der Waals surface area (Å²) >= 11 is 5.99. The summed E-state index contributed by atoms with van der Waals surface area (Å²) < 4.78 is 24.0. The lowest BCUT2D eigenvalue weighted by atomic mass is 10.1. The Morgan fingerprint density at radius 3 is 3.00 bits per heavy atom. The molecule has 1 saturated heterocycles. The fourth-order valence-corrected chi connectivity index (χ4v) is 2.96. The predicted molar refractivity (Wildman–Crippen MR) is 89.5 cm³/mol. The van der Waals surface area contributed by atoms with Crippen LogP contribution in [0.5, 0.6) is 11.9 Å². The molecule has 0 radical (unpaired) electrons. The van der Waals surface area contributed by atoms with Crippen molar-refractivity contribution in [1.29, 1.82) is 0 Å². The number of likely N-dealkylation sites (tertiary alicyclic amines) is 1. The highest BCUT2D eigenvalue weighted by Crippen LogP contribution is 2.23. The molecule has 1 unspecified atom stereocenters. The van der Waals surface area contributed by atoms with Gasteiger partial charge in [0.15, 0.2) is 0 Å². The van der Waals surface area contributed by atoms with Crippen molar-refractivity contribution in [2.24, 2.45) is 0 Å². The molecule has 1 amide bonds. The maximum atomic E-state index is 13.2. The van der Waals surface area contributed by atoms with E-state index < -0.39 is 5.82 Å². The second-order valence-corrected chi connectivity index (χ2v) is 6.05. The number of benzene rings is 1. The van der Waals surface area contributed by atoms with Gasteiger partial charge in [-0.3, -0.25) is 4.79 Å². The molecule has 0 aliphatic carbocycles. The SMILES string of the molecule is COc1nccc(OC2CCCN(C(=O)c3ccc(F)cc3Cl)C2)n1. The fraction of sp³-hybridized carbons (Fsp3) is 0.353. The van der Waals surface area contributed by atoms with Crippen LogP contribution in [-0.2, 0) is 0 Å². The molecular weight excluding hydrogens is 349 g/mol. The molecule has 1 aliphatic heterocycles. The van der Waals surface area contributed by atoms with Crippen LogP contribution in [0.3, 0.4) is 0 Å². The average Bonchev–Trinajstić information content (AvgIpc) is 2.61. The van der Waals surface area contributed by atoms with Gasteiger partial charge in [-0.25, -0.2) is 9.37 Å². The molecular formula is C17H17ClFN3O3. The lowest BCUT2D eigenvalue weighted by molar-refractivity contribution is 0.0526. The van der Waals surface area contributed by atoms with E-state index in [1.165, 1.54) is 19.2 Å². The highest BCUT2D eigenvalue weighted by molar-refractivity contribution is 6.33. The van der Waals surface area contributed by atoms with Crippen molar-refractivity contribution in [3.05, 3.63) is 46.9 Å². The molecule has 3 rings (SSSR count). The quantitative estimate of drug-likeness (QED) is 0.833. The van der Waals surface area contributed by atoms with E-state index in [9.17, 15) is 9.18 Å². The monoisotopic (exact) mass is 365 g/mol. The number of halogens is 2. The van der Waals surface area contributed by atoms with Gasteiger partial charge in [0, 0.05) is 18.8 Å². The maximum absolute atomic E-state index is 13.2. The van der Waals surface area contributed by atoms with Crippen molar-refractivity contribution in [2.75, 3.05) is 20.2 Å². The number of ether oxygens (including phenoxy) is 2. The molecule has 8 heteroatoms. The largest absolute Gasteiger partial charge is 0.472 e. The first-order valence-corrected chi connectivity index (χ1v) is 8.22. The Morgan fingerprint density at radius 1 is 1.40 bits per heavy atom. The smallest absolute Gasteiger partial charge is 0.319 e. The molecule has 1 aliphatic rings. The van der Waals surface area contributed by atoms with Crippen molar-refractivity contribution in [2.45, 2.75) is 18.9 Å². The van der Waals surface area contributed by atoms with E-state index in [0.717, 1.165) is 18.9 Å². The maximum Gasteiger partial charge on any atom is 0.319 e. The third-order valence-electron chi connectivity index (χ3n) is 3.90. The molecule has 0 N–H and O–H groups in total. The molecule has 2 aromatic rings. The highest BCUT2D eigenvalue weighted by Gasteiger charge is 2.27. The zero-order valence-electron chi connectivity index (χ0n) is 13.6. The number of hydrogen-bond acceptors (Lipinski definition) is 5. The van der Waals surface area contributed by atoms with Crippen molar-refractivity contribution in [3.8, 4) is 11.9 Å². The van der Waals surface area contributed by atoms with Crippen molar-refractivity contribution < 1.29 is 18.7 Å². The third-order valence-corrected chi connectivity index (χ3v) is 4.22. The molecule has 0 bridgehead atoms. The number of carbonyl (C=O) groups is 1. The zero-order valence-corrected chi connectivity index (χ0v) is 14.4. The summed E-state index contributed by atoms with van der Waals surface area (Å²) in [6.07, 6.45) is 2.94. The number of rotatable bonds is 4. The van der Waals surface area contributed by atoms with E-state index in [1.54, 1.807) is 17.2 Å². The number of carbonyl (C=O) groups excluding carboxylic acids is 1. The minimum absolute atomic E-state index is 0.105. The standard InChI is InChI=1S/C17H17ClFN3O3/c1-24-17-20-7-6-15(21-17)25-12-3-2-8-22(10-12)16(23)13-5-4-11(19)9-14(13)18/h4-7,9,12H,2-3,8,10H2,1H3. The number of amides is 1. The summed E-state index contributed by atoms with van der Waals surface area (Å²) in [5.74, 6) is -0.316. The first kappa shape index (κ1) is 17.4. The van der Waals surface area contributed by atoms with Crippen LogP contribution < -0.4 is 9.47 Å². The van der Waals surface area contributed by atoms with Gasteiger partial charge in [0.25, 0.3) is 5.91 Å². The molecule has 1 aromatic heterocycles. The lowest BCUT2D eigenvalue weighted by Crippen LogP contribution is -2.44. The number of methoxy groups -OCH3 is 1. The zero-order chi connectivity index (χ0) is 17.8. The number of aromatic nitrogens is 2. The van der Waals surface area contributed by atoms with Crippen LogP contribution in [-0.4, -0.2) is 47.1 Å². The van der Waals surface area contributed by atoms with E-state index in [-0.39, 0.29) is 28.6 Å². The molecule has 1 atom stereocenters. The second-order valence-electron chi connectivity index (χ2n) is 5.64. The first-order valence-electron chi connectivity index (χ1n) is 7.85. The first-order chi connectivity index (χ1) is 12.1. The Morgan fingerprint density at radius 2 is 2.24 bits per heavy atom. The Labute approximate surface area is 149 Å². The van der Waals surface area contributed by atoms with Crippen LogP contribution in [0.25, 0.3) is 0 Å². The number of hydrogen-bond donors (Lipinski definition) is 0. The van der Waals surface area contributed by atoms with Gasteiger partial charge in [-0.1, -0.05) is 11.6 Å². The minimum atomic E-state index is -0.473. The Kier molecular flexibility index (Phi) is 5.33. The molecule has 1 aromatic carbocycles. The van der Waals surface area contributed by atoms with Gasteiger partial charge in [0.05, 0.1) is 24.2 Å². The van der Waals surface area contributed by atoms with Crippen molar-refractivity contribution >= 4 is 17.5 Å². The van der Waals surface area contributed by atoms with Crippen molar-refractivity contribution in [1.82, 2.24) is 14.9 Å². The van der Waals surface area contributed by atoms with E-state index in [0.29, 0.717) is 19.0 Å². The van der Waals surface area contributed by atoms with Crippen molar-refractivity contribution in [3.63, 3.8) is 0 Å². The van der Waals surface area contributed by atoms with Crippen LogP contribution in [0.4, 0.5) is 4.39 Å². The molecule has 0 spiro atoms. The van der Waals surface area contributed by atoms with E-state index in [1.807, 2.05) is 0 Å². The van der Waals surface area contributed by atoms with Crippen LogP contribution in [0.1, 0.15) is 23.2 Å².